The van der Waals surface area contributed by atoms with Crippen LogP contribution in [0.1, 0.15) is 78.6 Å². The van der Waals surface area contributed by atoms with Gasteiger partial charge >= 0.3 is 0 Å². The van der Waals surface area contributed by atoms with Crippen LogP contribution in [-0.2, 0) is 4.74 Å². The Labute approximate surface area is 142 Å². The summed E-state index contributed by atoms with van der Waals surface area (Å²) < 4.78 is 5.89. The first-order valence-electron chi connectivity index (χ1n) is 10.1. The van der Waals surface area contributed by atoms with Crippen molar-refractivity contribution >= 4 is 0 Å². The van der Waals surface area contributed by atoms with Crippen LogP contribution in [0.4, 0.5) is 0 Å². The maximum Gasteiger partial charge on any atom is 0.0627 e. The Bertz CT molecular complexity index is 472. The summed E-state index contributed by atoms with van der Waals surface area (Å²) in [5.41, 5.74) is 0.506. The molecular weight excluding hydrogens is 284 g/mol. The molecule has 0 spiro atoms. The van der Waals surface area contributed by atoms with Gasteiger partial charge in [0.2, 0.25) is 0 Å². The summed E-state index contributed by atoms with van der Waals surface area (Å²) in [5, 5.41) is 10.6. The number of methoxy groups -OCH3 is 1. The van der Waals surface area contributed by atoms with Gasteiger partial charge < -0.3 is 9.84 Å². The Balaban J connectivity index is 1.60. The maximum atomic E-state index is 10.6. The smallest absolute Gasteiger partial charge is 0.0627 e. The van der Waals surface area contributed by atoms with Crippen LogP contribution in [0.2, 0.25) is 0 Å². The molecule has 0 aromatic rings. The summed E-state index contributed by atoms with van der Waals surface area (Å²) >= 11 is 0. The second-order valence-corrected chi connectivity index (χ2v) is 10.2. The van der Waals surface area contributed by atoms with Gasteiger partial charge in [-0.05, 0) is 99.2 Å². The molecule has 0 radical (unpaired) electrons. The molecule has 8 atom stereocenters. The SMILES string of the molecule is CO[C@H]1CC[C@H]2[C@@H]3CC[C@@H]4C[C@](C)(O)CC[C@]4(C)[C@H]3CC[C@]12C. The van der Waals surface area contributed by atoms with Crippen molar-refractivity contribution < 1.29 is 9.84 Å². The van der Waals surface area contributed by atoms with Crippen LogP contribution in [0.25, 0.3) is 0 Å². The van der Waals surface area contributed by atoms with E-state index in [1.807, 2.05) is 7.11 Å². The highest BCUT2D eigenvalue weighted by Gasteiger charge is 2.61. The van der Waals surface area contributed by atoms with Gasteiger partial charge in [0.05, 0.1) is 11.7 Å². The molecule has 0 aromatic carbocycles. The van der Waals surface area contributed by atoms with Gasteiger partial charge in [0.15, 0.2) is 0 Å². The zero-order valence-electron chi connectivity index (χ0n) is 15.6. The second kappa shape index (κ2) is 5.21. The predicted octanol–water partition coefficient (Wildman–Crippen LogP) is 4.80. The molecule has 132 valence electrons. The lowest BCUT2D eigenvalue weighted by Gasteiger charge is -2.61. The second-order valence-electron chi connectivity index (χ2n) is 10.2. The van der Waals surface area contributed by atoms with Crippen LogP contribution in [0.5, 0.6) is 0 Å². The van der Waals surface area contributed by atoms with Crippen LogP contribution < -0.4 is 0 Å². The zero-order chi connectivity index (χ0) is 16.5. The molecule has 4 rings (SSSR count). The van der Waals surface area contributed by atoms with Gasteiger partial charge in [-0.2, -0.15) is 0 Å². The Morgan fingerprint density at radius 1 is 0.826 bits per heavy atom. The highest BCUT2D eigenvalue weighted by Crippen LogP contribution is 2.67. The molecule has 4 fully saturated rings. The molecule has 0 unspecified atom stereocenters. The first-order chi connectivity index (χ1) is 10.8. The van der Waals surface area contributed by atoms with Crippen molar-refractivity contribution in [2.24, 2.45) is 34.5 Å². The number of ether oxygens (including phenoxy) is 1. The van der Waals surface area contributed by atoms with E-state index in [4.69, 9.17) is 4.74 Å². The van der Waals surface area contributed by atoms with Crippen molar-refractivity contribution in [3.05, 3.63) is 0 Å². The summed E-state index contributed by atoms with van der Waals surface area (Å²) in [7, 11) is 1.92. The molecule has 0 bridgehead atoms. The third kappa shape index (κ3) is 2.27. The normalized spacial score (nSPS) is 59.1. The minimum atomic E-state index is -0.408. The van der Waals surface area contributed by atoms with E-state index in [0.717, 1.165) is 36.5 Å². The van der Waals surface area contributed by atoms with Crippen molar-refractivity contribution in [3.8, 4) is 0 Å². The number of rotatable bonds is 1. The zero-order valence-corrected chi connectivity index (χ0v) is 15.6. The van der Waals surface area contributed by atoms with E-state index >= 15 is 0 Å². The number of fused-ring (bicyclic) bond motifs is 5. The minimum absolute atomic E-state index is 0.408. The van der Waals surface area contributed by atoms with Crippen LogP contribution in [0.15, 0.2) is 0 Å². The van der Waals surface area contributed by atoms with Crippen LogP contribution in [0, 0.1) is 34.5 Å². The summed E-state index contributed by atoms with van der Waals surface area (Å²) in [6.45, 7) is 7.17. The fourth-order valence-electron chi connectivity index (χ4n) is 7.77. The lowest BCUT2D eigenvalue weighted by Crippen LogP contribution is -2.55. The highest BCUT2D eigenvalue weighted by atomic mass is 16.5. The molecule has 4 aliphatic rings. The molecule has 0 aliphatic heterocycles. The number of hydrogen-bond acceptors (Lipinski definition) is 2. The molecule has 0 aromatic heterocycles. The van der Waals surface area contributed by atoms with Crippen molar-refractivity contribution in [2.45, 2.75) is 90.3 Å². The average molecular weight is 321 g/mol. The fraction of sp³-hybridized carbons (Fsp3) is 1.00. The van der Waals surface area contributed by atoms with Gasteiger partial charge in [0, 0.05) is 7.11 Å². The Morgan fingerprint density at radius 2 is 1.57 bits per heavy atom. The Kier molecular flexibility index (Phi) is 3.71. The van der Waals surface area contributed by atoms with Gasteiger partial charge in [0.1, 0.15) is 0 Å². The molecule has 2 nitrogen and oxygen atoms in total. The van der Waals surface area contributed by atoms with E-state index in [1.54, 1.807) is 0 Å². The van der Waals surface area contributed by atoms with Crippen molar-refractivity contribution in [3.63, 3.8) is 0 Å². The van der Waals surface area contributed by atoms with E-state index in [2.05, 4.69) is 20.8 Å². The summed E-state index contributed by atoms with van der Waals surface area (Å²) in [6, 6.07) is 0. The molecule has 0 amide bonds. The molecule has 0 heterocycles. The predicted molar refractivity (Wildman–Crippen MR) is 93.1 cm³/mol. The highest BCUT2D eigenvalue weighted by molar-refractivity contribution is 5.10. The standard InChI is InChI=1S/C21H36O2/c1-19(22)11-12-20(2)14(13-19)5-6-15-16-7-8-18(23-4)21(16,3)10-9-17(15)20/h14-18,22H,5-13H2,1-4H3/t14-,15+,16+,17+,18+,19-,20+,21+/m1/s1. The Morgan fingerprint density at radius 3 is 2.30 bits per heavy atom. The van der Waals surface area contributed by atoms with E-state index < -0.39 is 5.60 Å². The monoisotopic (exact) mass is 320 g/mol. The fourth-order valence-corrected chi connectivity index (χ4v) is 7.77. The number of hydrogen-bond donors (Lipinski definition) is 1. The molecule has 4 aliphatic carbocycles. The molecule has 4 saturated carbocycles. The number of aliphatic hydroxyl groups is 1. The lowest BCUT2D eigenvalue weighted by atomic mass is 9.44. The quantitative estimate of drug-likeness (QED) is 0.752. The third-order valence-electron chi connectivity index (χ3n) is 9.15. The molecule has 23 heavy (non-hydrogen) atoms. The van der Waals surface area contributed by atoms with Gasteiger partial charge in [-0.15, -0.1) is 0 Å². The van der Waals surface area contributed by atoms with Gasteiger partial charge in [0.25, 0.3) is 0 Å². The molecule has 2 heteroatoms. The van der Waals surface area contributed by atoms with Crippen molar-refractivity contribution in [1.82, 2.24) is 0 Å². The van der Waals surface area contributed by atoms with Gasteiger partial charge in [-0.3, -0.25) is 0 Å². The molecule has 1 N–H and O–H groups in total. The first-order valence-corrected chi connectivity index (χ1v) is 10.1. The van der Waals surface area contributed by atoms with Gasteiger partial charge in [-0.1, -0.05) is 13.8 Å². The summed E-state index contributed by atoms with van der Waals surface area (Å²) in [4.78, 5) is 0. The summed E-state index contributed by atoms with van der Waals surface area (Å²) in [5.74, 6) is 3.44. The Hall–Kier alpha value is -0.0800. The van der Waals surface area contributed by atoms with Crippen molar-refractivity contribution in [1.29, 1.82) is 0 Å². The average Bonchev–Trinajstić information content (AvgIpc) is 2.84. The summed E-state index contributed by atoms with van der Waals surface area (Å²) in [6.07, 6.45) is 11.9. The largest absolute Gasteiger partial charge is 0.390 e. The van der Waals surface area contributed by atoms with E-state index in [1.165, 1.54) is 44.9 Å². The molecule has 0 saturated heterocycles. The maximum absolute atomic E-state index is 10.6. The lowest BCUT2D eigenvalue weighted by molar-refractivity contribution is -0.153. The van der Waals surface area contributed by atoms with Crippen molar-refractivity contribution in [2.75, 3.05) is 7.11 Å². The van der Waals surface area contributed by atoms with Gasteiger partial charge in [-0.25, -0.2) is 0 Å². The van der Waals surface area contributed by atoms with E-state index in [9.17, 15) is 5.11 Å². The minimum Gasteiger partial charge on any atom is -0.390 e. The topological polar surface area (TPSA) is 29.5 Å². The van der Waals surface area contributed by atoms with Crippen LogP contribution >= 0.6 is 0 Å². The van der Waals surface area contributed by atoms with Crippen LogP contribution in [0.3, 0.4) is 0 Å². The van der Waals surface area contributed by atoms with E-state index in [-0.39, 0.29) is 0 Å². The van der Waals surface area contributed by atoms with Crippen LogP contribution in [-0.4, -0.2) is 23.9 Å². The third-order valence-corrected chi connectivity index (χ3v) is 9.15. The first kappa shape index (κ1) is 16.4. The van der Waals surface area contributed by atoms with E-state index in [0.29, 0.717) is 16.9 Å². The molecular formula is C21H36O2.